The van der Waals surface area contributed by atoms with Crippen LogP contribution in [0.3, 0.4) is 0 Å². The first-order valence-corrected chi connectivity index (χ1v) is 11.3. The lowest BCUT2D eigenvalue weighted by molar-refractivity contribution is 0.0479. The molecule has 1 N–H and O–H groups in total. The molecule has 2 heterocycles. The number of nitrogens with zero attached hydrogens (tertiary/aromatic N) is 1. The summed E-state index contributed by atoms with van der Waals surface area (Å²) in [5.74, 6) is 2.92. The average Bonchev–Trinajstić information content (AvgIpc) is 2.83. The summed E-state index contributed by atoms with van der Waals surface area (Å²) in [6.45, 7) is 3.85. The number of hydrogen-bond acceptors (Lipinski definition) is 5. The van der Waals surface area contributed by atoms with Crippen molar-refractivity contribution in [2.75, 3.05) is 26.2 Å². The monoisotopic (exact) mass is 431 g/mol. The molecule has 3 aromatic rings. The molecule has 3 aromatic carbocycles. The van der Waals surface area contributed by atoms with Gasteiger partial charge in [0, 0.05) is 13.1 Å². The molecule has 0 saturated carbocycles. The fraction of sp³-hybridized carbons (Fsp3) is 0.333. The number of benzene rings is 3. The standard InChI is InChI=1S/C27H29NO4/c29-23-11-4-9-21(15-23)22-10-6-14-28(16-22)17-24-19-31-27-25(12-5-13-26(27)32-24)30-18-20-7-2-1-3-8-20/h1-5,7-9,11-13,15,22,24,29H,6,10,14,16-19H2/t22?,24-/m0/s1. The highest BCUT2D eigenvalue weighted by molar-refractivity contribution is 5.52. The summed E-state index contributed by atoms with van der Waals surface area (Å²) < 4.78 is 18.4. The van der Waals surface area contributed by atoms with Crippen LogP contribution in [0.5, 0.6) is 23.0 Å². The van der Waals surface area contributed by atoms with Crippen LogP contribution in [0.4, 0.5) is 0 Å². The smallest absolute Gasteiger partial charge is 0.203 e. The molecule has 166 valence electrons. The van der Waals surface area contributed by atoms with E-state index in [-0.39, 0.29) is 6.10 Å². The molecule has 2 atom stereocenters. The van der Waals surface area contributed by atoms with Crippen LogP contribution in [0, 0.1) is 0 Å². The Hall–Kier alpha value is -3.18. The van der Waals surface area contributed by atoms with Crippen LogP contribution in [0.2, 0.25) is 0 Å². The van der Waals surface area contributed by atoms with Crippen LogP contribution in [0.25, 0.3) is 0 Å². The summed E-state index contributed by atoms with van der Waals surface area (Å²) in [4.78, 5) is 2.45. The molecule has 0 radical (unpaired) electrons. The van der Waals surface area contributed by atoms with Crippen LogP contribution in [0.1, 0.15) is 29.9 Å². The predicted molar refractivity (Wildman–Crippen MR) is 124 cm³/mol. The third kappa shape index (κ3) is 4.83. The molecule has 1 unspecified atom stereocenters. The Morgan fingerprint density at radius 2 is 1.88 bits per heavy atom. The quantitative estimate of drug-likeness (QED) is 0.596. The summed E-state index contributed by atoms with van der Waals surface area (Å²) in [5, 5.41) is 9.83. The average molecular weight is 432 g/mol. The van der Waals surface area contributed by atoms with Gasteiger partial charge in [0.15, 0.2) is 11.5 Å². The van der Waals surface area contributed by atoms with Crippen LogP contribution < -0.4 is 14.2 Å². The van der Waals surface area contributed by atoms with Crippen molar-refractivity contribution in [3.63, 3.8) is 0 Å². The Bertz CT molecular complexity index is 1040. The summed E-state index contributed by atoms with van der Waals surface area (Å²) in [5.41, 5.74) is 2.33. The molecule has 5 rings (SSSR count). The van der Waals surface area contributed by atoms with Crippen molar-refractivity contribution in [1.29, 1.82) is 0 Å². The zero-order valence-electron chi connectivity index (χ0n) is 18.2. The van der Waals surface area contributed by atoms with E-state index in [2.05, 4.69) is 11.0 Å². The molecule has 5 nitrogen and oxygen atoms in total. The van der Waals surface area contributed by atoms with E-state index in [1.165, 1.54) is 5.56 Å². The number of phenolic OH excluding ortho intramolecular Hbond substituents is 1. The van der Waals surface area contributed by atoms with Gasteiger partial charge in [-0.15, -0.1) is 0 Å². The van der Waals surface area contributed by atoms with Crippen molar-refractivity contribution >= 4 is 0 Å². The zero-order valence-corrected chi connectivity index (χ0v) is 18.2. The summed E-state index contributed by atoms with van der Waals surface area (Å²) in [6, 6.07) is 23.6. The second kappa shape index (κ2) is 9.53. The first-order valence-electron chi connectivity index (χ1n) is 11.3. The van der Waals surface area contributed by atoms with E-state index >= 15 is 0 Å². The van der Waals surface area contributed by atoms with Gasteiger partial charge in [-0.05, 0) is 60.7 Å². The SMILES string of the molecule is Oc1cccc(C2CCCN(C[C@H]3COc4c(OCc5ccccc5)cccc4O3)C2)c1. The van der Waals surface area contributed by atoms with Gasteiger partial charge in [0.25, 0.3) is 0 Å². The molecule has 32 heavy (non-hydrogen) atoms. The highest BCUT2D eigenvalue weighted by atomic mass is 16.6. The zero-order chi connectivity index (χ0) is 21.8. The molecule has 5 heteroatoms. The van der Waals surface area contributed by atoms with Gasteiger partial charge in [-0.1, -0.05) is 48.5 Å². The topological polar surface area (TPSA) is 51.2 Å². The summed E-state index contributed by atoms with van der Waals surface area (Å²) in [6.07, 6.45) is 2.27. The Labute approximate surface area is 189 Å². The molecular weight excluding hydrogens is 402 g/mol. The third-order valence-electron chi connectivity index (χ3n) is 6.20. The van der Waals surface area contributed by atoms with Gasteiger partial charge in [-0.3, -0.25) is 4.90 Å². The number of likely N-dealkylation sites (tertiary alicyclic amines) is 1. The number of ether oxygens (including phenoxy) is 3. The molecular formula is C27H29NO4. The highest BCUT2D eigenvalue weighted by Gasteiger charge is 2.28. The van der Waals surface area contributed by atoms with Gasteiger partial charge in [0.2, 0.25) is 5.75 Å². The van der Waals surface area contributed by atoms with Gasteiger partial charge < -0.3 is 19.3 Å². The fourth-order valence-corrected chi connectivity index (χ4v) is 4.62. The molecule has 1 saturated heterocycles. The number of piperidine rings is 1. The van der Waals surface area contributed by atoms with E-state index in [1.54, 1.807) is 6.07 Å². The van der Waals surface area contributed by atoms with Crippen LogP contribution in [-0.4, -0.2) is 42.4 Å². The van der Waals surface area contributed by atoms with Gasteiger partial charge in [-0.2, -0.15) is 0 Å². The minimum absolute atomic E-state index is 0.0187. The lowest BCUT2D eigenvalue weighted by Gasteiger charge is -2.36. The Morgan fingerprint density at radius 1 is 1.00 bits per heavy atom. The van der Waals surface area contributed by atoms with E-state index in [4.69, 9.17) is 14.2 Å². The molecule has 0 aromatic heterocycles. The Balaban J connectivity index is 1.20. The van der Waals surface area contributed by atoms with E-state index < -0.39 is 0 Å². The largest absolute Gasteiger partial charge is 0.508 e. The highest BCUT2D eigenvalue weighted by Crippen LogP contribution is 2.41. The Kier molecular flexibility index (Phi) is 6.17. The number of hydrogen-bond donors (Lipinski definition) is 1. The predicted octanol–water partition coefficient (Wildman–Crippen LogP) is 4.99. The van der Waals surface area contributed by atoms with E-state index in [0.717, 1.165) is 43.8 Å². The first kappa shape index (κ1) is 20.7. The van der Waals surface area contributed by atoms with Crippen LogP contribution in [0.15, 0.2) is 72.8 Å². The number of para-hydroxylation sites is 1. The maximum absolute atomic E-state index is 9.83. The van der Waals surface area contributed by atoms with E-state index in [1.807, 2.05) is 60.7 Å². The minimum atomic E-state index is -0.0187. The molecule has 0 bridgehead atoms. The molecule has 1 fully saturated rings. The lowest BCUT2D eigenvalue weighted by Crippen LogP contribution is -2.44. The van der Waals surface area contributed by atoms with Crippen molar-refractivity contribution in [2.45, 2.75) is 31.5 Å². The summed E-state index contributed by atoms with van der Waals surface area (Å²) >= 11 is 0. The maximum Gasteiger partial charge on any atom is 0.203 e. The second-order valence-corrected chi connectivity index (χ2v) is 8.60. The van der Waals surface area contributed by atoms with Crippen molar-refractivity contribution in [3.8, 4) is 23.0 Å². The van der Waals surface area contributed by atoms with Crippen molar-refractivity contribution in [1.82, 2.24) is 4.90 Å². The molecule has 2 aliphatic rings. The van der Waals surface area contributed by atoms with Gasteiger partial charge >= 0.3 is 0 Å². The van der Waals surface area contributed by atoms with Crippen molar-refractivity contribution < 1.29 is 19.3 Å². The lowest BCUT2D eigenvalue weighted by atomic mass is 9.90. The normalized spacial score (nSPS) is 20.6. The molecule has 0 aliphatic carbocycles. The van der Waals surface area contributed by atoms with Gasteiger partial charge in [-0.25, -0.2) is 0 Å². The van der Waals surface area contributed by atoms with Gasteiger partial charge in [0.05, 0.1) is 0 Å². The second-order valence-electron chi connectivity index (χ2n) is 8.60. The van der Waals surface area contributed by atoms with E-state index in [0.29, 0.717) is 36.4 Å². The maximum atomic E-state index is 9.83. The van der Waals surface area contributed by atoms with E-state index in [9.17, 15) is 5.11 Å². The summed E-state index contributed by atoms with van der Waals surface area (Å²) in [7, 11) is 0. The number of aromatic hydroxyl groups is 1. The number of fused-ring (bicyclic) bond motifs is 1. The third-order valence-corrected chi connectivity index (χ3v) is 6.20. The fourth-order valence-electron chi connectivity index (χ4n) is 4.62. The first-order chi connectivity index (χ1) is 15.7. The Morgan fingerprint density at radius 3 is 2.75 bits per heavy atom. The molecule has 0 amide bonds. The number of phenols is 1. The minimum Gasteiger partial charge on any atom is -0.508 e. The molecule has 2 aliphatic heterocycles. The van der Waals surface area contributed by atoms with Gasteiger partial charge in [0.1, 0.15) is 25.1 Å². The van der Waals surface area contributed by atoms with Crippen LogP contribution in [-0.2, 0) is 6.61 Å². The van der Waals surface area contributed by atoms with Crippen LogP contribution >= 0.6 is 0 Å². The van der Waals surface area contributed by atoms with Crippen molar-refractivity contribution in [2.24, 2.45) is 0 Å². The van der Waals surface area contributed by atoms with Crippen molar-refractivity contribution in [3.05, 3.63) is 83.9 Å². The number of rotatable bonds is 6. The molecule has 0 spiro atoms.